The Hall–Kier alpha value is -0.940. The van der Waals surface area contributed by atoms with Crippen LogP contribution in [0.15, 0.2) is 0 Å². The maximum atomic E-state index is 12.2. The fourth-order valence-corrected chi connectivity index (χ4v) is 2.08. The largest absolute Gasteiger partial charge is 0.379 e. The molecule has 0 aromatic carbocycles. The minimum atomic E-state index is -0.509. The van der Waals surface area contributed by atoms with Gasteiger partial charge in [0.2, 0.25) is 11.8 Å². The van der Waals surface area contributed by atoms with E-state index in [9.17, 15) is 9.59 Å². The molecule has 2 amide bonds. The zero-order valence-electron chi connectivity index (χ0n) is 12.6. The Balaban J connectivity index is 2.41. The number of nitrogens with zero attached hydrogens (tertiary/aromatic N) is 2. The standard InChI is InChI=1S/C14H26N2O3/c1-12(17)16(13(18)14(2,3)4)7-5-6-15-8-10-19-11-9-15/h5-11H2,1-4H3. The molecule has 0 unspecified atom stereocenters. The van der Waals surface area contributed by atoms with Crippen LogP contribution in [0, 0.1) is 5.41 Å². The van der Waals surface area contributed by atoms with Crippen LogP contribution >= 0.6 is 0 Å². The number of carbonyl (C=O) groups is 2. The summed E-state index contributed by atoms with van der Waals surface area (Å²) >= 11 is 0. The van der Waals surface area contributed by atoms with Gasteiger partial charge in [0.05, 0.1) is 13.2 Å². The van der Waals surface area contributed by atoms with Crippen molar-refractivity contribution in [2.75, 3.05) is 39.4 Å². The molecule has 110 valence electrons. The molecule has 0 aromatic heterocycles. The molecule has 0 radical (unpaired) electrons. The molecule has 1 aliphatic rings. The fourth-order valence-electron chi connectivity index (χ4n) is 2.08. The first-order valence-corrected chi connectivity index (χ1v) is 6.95. The van der Waals surface area contributed by atoms with E-state index in [1.807, 2.05) is 20.8 Å². The maximum absolute atomic E-state index is 12.2. The van der Waals surface area contributed by atoms with E-state index in [-0.39, 0.29) is 11.8 Å². The second kappa shape index (κ2) is 7.01. The number of hydrogen-bond acceptors (Lipinski definition) is 4. The molecule has 0 aliphatic carbocycles. The van der Waals surface area contributed by atoms with Crippen LogP contribution in [0.5, 0.6) is 0 Å². The third-order valence-electron chi connectivity index (χ3n) is 3.23. The highest BCUT2D eigenvalue weighted by Gasteiger charge is 2.29. The Morgan fingerprint density at radius 1 is 1.21 bits per heavy atom. The molecule has 1 rings (SSSR count). The minimum absolute atomic E-state index is 0.0954. The van der Waals surface area contributed by atoms with Crippen molar-refractivity contribution in [1.82, 2.24) is 9.80 Å². The smallest absolute Gasteiger partial charge is 0.234 e. The van der Waals surface area contributed by atoms with Crippen molar-refractivity contribution in [3.8, 4) is 0 Å². The number of ether oxygens (including phenoxy) is 1. The quantitative estimate of drug-likeness (QED) is 0.768. The Morgan fingerprint density at radius 2 is 1.79 bits per heavy atom. The lowest BCUT2D eigenvalue weighted by atomic mass is 9.94. The molecule has 0 N–H and O–H groups in total. The Labute approximate surface area is 115 Å². The third kappa shape index (κ3) is 5.28. The first kappa shape index (κ1) is 16.1. The molecule has 1 saturated heterocycles. The van der Waals surface area contributed by atoms with Crippen LogP contribution in [-0.4, -0.2) is 61.0 Å². The fraction of sp³-hybridized carbons (Fsp3) is 0.857. The summed E-state index contributed by atoms with van der Waals surface area (Å²) in [6, 6.07) is 0. The molecule has 0 atom stereocenters. The van der Waals surface area contributed by atoms with E-state index in [1.54, 1.807) is 0 Å². The Kier molecular flexibility index (Phi) is 5.94. The van der Waals surface area contributed by atoms with Crippen molar-refractivity contribution < 1.29 is 14.3 Å². The molecule has 1 fully saturated rings. The van der Waals surface area contributed by atoms with Crippen LogP contribution in [0.3, 0.4) is 0 Å². The zero-order valence-corrected chi connectivity index (χ0v) is 12.6. The molecule has 0 aromatic rings. The first-order valence-electron chi connectivity index (χ1n) is 6.95. The minimum Gasteiger partial charge on any atom is -0.379 e. The van der Waals surface area contributed by atoms with Gasteiger partial charge in [-0.2, -0.15) is 0 Å². The van der Waals surface area contributed by atoms with Crippen molar-refractivity contribution in [3.63, 3.8) is 0 Å². The van der Waals surface area contributed by atoms with E-state index >= 15 is 0 Å². The van der Waals surface area contributed by atoms with Gasteiger partial charge in [-0.15, -0.1) is 0 Å². The molecule has 5 heteroatoms. The van der Waals surface area contributed by atoms with Gasteiger partial charge in [-0.1, -0.05) is 20.8 Å². The average Bonchev–Trinajstić information content (AvgIpc) is 2.33. The van der Waals surface area contributed by atoms with Gasteiger partial charge in [-0.25, -0.2) is 0 Å². The van der Waals surface area contributed by atoms with Gasteiger partial charge in [0, 0.05) is 38.5 Å². The van der Waals surface area contributed by atoms with Gasteiger partial charge in [0.15, 0.2) is 0 Å². The molecule has 5 nitrogen and oxygen atoms in total. The second-order valence-electron chi connectivity index (χ2n) is 6.03. The van der Waals surface area contributed by atoms with Crippen molar-refractivity contribution in [3.05, 3.63) is 0 Å². The molecule has 0 bridgehead atoms. The highest BCUT2D eigenvalue weighted by molar-refractivity contribution is 5.96. The van der Waals surface area contributed by atoms with Crippen LogP contribution in [-0.2, 0) is 14.3 Å². The number of carbonyl (C=O) groups excluding carboxylic acids is 2. The van der Waals surface area contributed by atoms with Crippen molar-refractivity contribution >= 4 is 11.8 Å². The van der Waals surface area contributed by atoms with Crippen molar-refractivity contribution in [1.29, 1.82) is 0 Å². The van der Waals surface area contributed by atoms with Crippen LogP contribution in [0.25, 0.3) is 0 Å². The van der Waals surface area contributed by atoms with E-state index < -0.39 is 5.41 Å². The second-order valence-corrected chi connectivity index (χ2v) is 6.03. The highest BCUT2D eigenvalue weighted by atomic mass is 16.5. The summed E-state index contributed by atoms with van der Waals surface area (Å²) < 4.78 is 5.29. The molecule has 0 spiro atoms. The number of morpholine rings is 1. The van der Waals surface area contributed by atoms with Gasteiger partial charge in [0.25, 0.3) is 0 Å². The molecule has 1 heterocycles. The molecule has 19 heavy (non-hydrogen) atoms. The van der Waals surface area contributed by atoms with Crippen LogP contribution in [0.4, 0.5) is 0 Å². The summed E-state index contributed by atoms with van der Waals surface area (Å²) in [6.07, 6.45) is 0.821. The summed E-state index contributed by atoms with van der Waals surface area (Å²) in [7, 11) is 0. The number of imide groups is 1. The number of amides is 2. The first-order chi connectivity index (χ1) is 8.82. The monoisotopic (exact) mass is 270 g/mol. The van der Waals surface area contributed by atoms with Gasteiger partial charge >= 0.3 is 0 Å². The molecule has 1 aliphatic heterocycles. The Bertz CT molecular complexity index is 317. The van der Waals surface area contributed by atoms with E-state index in [1.165, 1.54) is 11.8 Å². The SMILES string of the molecule is CC(=O)N(CCCN1CCOCC1)C(=O)C(C)(C)C. The van der Waals surface area contributed by atoms with Crippen molar-refractivity contribution in [2.45, 2.75) is 34.1 Å². The Morgan fingerprint density at radius 3 is 2.26 bits per heavy atom. The molecule has 0 saturated carbocycles. The maximum Gasteiger partial charge on any atom is 0.234 e. The molecular formula is C14H26N2O3. The van der Waals surface area contributed by atoms with Crippen LogP contribution < -0.4 is 0 Å². The van der Waals surface area contributed by atoms with E-state index in [2.05, 4.69) is 4.90 Å². The van der Waals surface area contributed by atoms with Crippen LogP contribution in [0.1, 0.15) is 34.1 Å². The van der Waals surface area contributed by atoms with Gasteiger partial charge < -0.3 is 4.74 Å². The van der Waals surface area contributed by atoms with Gasteiger partial charge in [-0.3, -0.25) is 19.4 Å². The summed E-state index contributed by atoms with van der Waals surface area (Å²) in [5.74, 6) is -0.260. The average molecular weight is 270 g/mol. The van der Waals surface area contributed by atoms with E-state index in [0.717, 1.165) is 39.3 Å². The summed E-state index contributed by atoms with van der Waals surface area (Å²) in [5.41, 5.74) is -0.509. The lowest BCUT2D eigenvalue weighted by Crippen LogP contribution is -2.44. The predicted molar refractivity (Wildman–Crippen MR) is 73.7 cm³/mol. The zero-order chi connectivity index (χ0) is 14.5. The summed E-state index contributed by atoms with van der Waals surface area (Å²) in [4.78, 5) is 27.4. The number of hydrogen-bond donors (Lipinski definition) is 0. The number of rotatable bonds is 4. The topological polar surface area (TPSA) is 49.9 Å². The normalized spacial score (nSPS) is 17.3. The van der Waals surface area contributed by atoms with Gasteiger partial charge in [0.1, 0.15) is 0 Å². The highest BCUT2D eigenvalue weighted by Crippen LogP contribution is 2.17. The lowest BCUT2D eigenvalue weighted by molar-refractivity contribution is -0.149. The van der Waals surface area contributed by atoms with E-state index in [0.29, 0.717) is 6.54 Å². The van der Waals surface area contributed by atoms with Crippen molar-refractivity contribution in [2.24, 2.45) is 5.41 Å². The van der Waals surface area contributed by atoms with Gasteiger partial charge in [-0.05, 0) is 6.42 Å². The summed E-state index contributed by atoms with van der Waals surface area (Å²) in [5, 5.41) is 0. The predicted octanol–water partition coefficient (Wildman–Crippen LogP) is 1.13. The van der Waals surface area contributed by atoms with E-state index in [4.69, 9.17) is 4.74 Å². The van der Waals surface area contributed by atoms with Crippen LogP contribution in [0.2, 0.25) is 0 Å². The lowest BCUT2D eigenvalue weighted by Gasteiger charge is -2.29. The summed E-state index contributed by atoms with van der Waals surface area (Å²) in [6.45, 7) is 11.8. The third-order valence-corrected chi connectivity index (χ3v) is 3.23. The molecular weight excluding hydrogens is 244 g/mol.